The molecule has 0 radical (unpaired) electrons. The Morgan fingerprint density at radius 2 is 1.33 bits per heavy atom. The minimum atomic E-state index is -4.35. The Labute approximate surface area is 167 Å². The van der Waals surface area contributed by atoms with Crippen LogP contribution in [0.4, 0.5) is 13.2 Å². The Hall–Kier alpha value is -1.52. The van der Waals surface area contributed by atoms with Gasteiger partial charge in [-0.15, -0.1) is 12.4 Å². The monoisotopic (exact) mass is 399 g/mol. The van der Waals surface area contributed by atoms with Crippen LogP contribution >= 0.6 is 12.4 Å². The van der Waals surface area contributed by atoms with Gasteiger partial charge in [-0.05, 0) is 57.9 Å². The average Bonchev–Trinajstić information content (AvgIpc) is 2.58. The van der Waals surface area contributed by atoms with Crippen molar-refractivity contribution in [2.75, 3.05) is 6.54 Å². The molecule has 1 nitrogen and oxygen atoms in total. The van der Waals surface area contributed by atoms with Crippen molar-refractivity contribution in [3.8, 4) is 0 Å². The summed E-state index contributed by atoms with van der Waals surface area (Å²) in [4.78, 5) is 2.33. The van der Waals surface area contributed by atoms with Gasteiger partial charge in [0.1, 0.15) is 0 Å². The largest absolute Gasteiger partial charge is 0.416 e. The number of hydrogen-bond donors (Lipinski definition) is 0. The maximum atomic E-state index is 13.6. The SMILES string of the molecule is CC(C)N(CCC(c1ccccc1)c1ccccc1C(F)(F)F)C(C)C.Cl. The van der Waals surface area contributed by atoms with Gasteiger partial charge >= 0.3 is 6.18 Å². The second kappa shape index (κ2) is 10.1. The normalized spacial score (nSPS) is 13.1. The van der Waals surface area contributed by atoms with Crippen molar-refractivity contribution in [2.45, 2.75) is 58.3 Å². The van der Waals surface area contributed by atoms with Crippen molar-refractivity contribution in [1.82, 2.24) is 4.90 Å². The molecule has 0 aromatic heterocycles. The quantitative estimate of drug-likeness (QED) is 0.496. The maximum absolute atomic E-state index is 13.6. The molecule has 0 saturated heterocycles. The summed E-state index contributed by atoms with van der Waals surface area (Å²) in [5, 5.41) is 0. The van der Waals surface area contributed by atoms with Gasteiger partial charge in [-0.3, -0.25) is 4.90 Å². The number of halogens is 4. The van der Waals surface area contributed by atoms with E-state index >= 15 is 0 Å². The molecular weight excluding hydrogens is 371 g/mol. The van der Waals surface area contributed by atoms with E-state index < -0.39 is 11.7 Å². The Bertz CT molecular complexity index is 675. The molecule has 0 bridgehead atoms. The second-order valence-corrected chi connectivity index (χ2v) is 7.26. The van der Waals surface area contributed by atoms with Crippen molar-refractivity contribution in [2.24, 2.45) is 0 Å². The smallest absolute Gasteiger partial charge is 0.299 e. The van der Waals surface area contributed by atoms with E-state index in [0.717, 1.165) is 12.1 Å². The van der Waals surface area contributed by atoms with Crippen LogP contribution in [0, 0.1) is 0 Å². The van der Waals surface area contributed by atoms with Crippen LogP contribution in [0.5, 0.6) is 0 Å². The van der Waals surface area contributed by atoms with Crippen molar-refractivity contribution in [3.05, 3.63) is 71.3 Å². The molecule has 150 valence electrons. The molecule has 27 heavy (non-hydrogen) atoms. The molecule has 0 amide bonds. The summed E-state index contributed by atoms with van der Waals surface area (Å²) in [6.45, 7) is 9.26. The van der Waals surface area contributed by atoms with Crippen LogP contribution in [0.15, 0.2) is 54.6 Å². The minimum Gasteiger partial charge on any atom is -0.299 e. The van der Waals surface area contributed by atoms with Crippen LogP contribution in [0.2, 0.25) is 0 Å². The zero-order valence-corrected chi connectivity index (χ0v) is 17.1. The van der Waals surface area contributed by atoms with E-state index in [1.54, 1.807) is 12.1 Å². The molecule has 0 aliphatic heterocycles. The molecule has 0 saturated carbocycles. The molecule has 0 fully saturated rings. The second-order valence-electron chi connectivity index (χ2n) is 7.26. The molecule has 2 rings (SSSR count). The van der Waals surface area contributed by atoms with E-state index in [9.17, 15) is 13.2 Å². The highest BCUT2D eigenvalue weighted by Crippen LogP contribution is 2.39. The maximum Gasteiger partial charge on any atom is 0.416 e. The average molecular weight is 400 g/mol. The van der Waals surface area contributed by atoms with Gasteiger partial charge in [0.25, 0.3) is 0 Å². The van der Waals surface area contributed by atoms with Crippen LogP contribution in [-0.4, -0.2) is 23.5 Å². The summed E-state index contributed by atoms with van der Waals surface area (Å²) in [7, 11) is 0. The number of hydrogen-bond acceptors (Lipinski definition) is 1. The Kier molecular flexibility index (Phi) is 8.83. The first-order chi connectivity index (χ1) is 12.2. The lowest BCUT2D eigenvalue weighted by Gasteiger charge is -2.32. The molecule has 2 aromatic carbocycles. The van der Waals surface area contributed by atoms with Crippen molar-refractivity contribution in [3.63, 3.8) is 0 Å². The molecule has 0 aliphatic carbocycles. The van der Waals surface area contributed by atoms with Crippen molar-refractivity contribution >= 4 is 12.4 Å². The van der Waals surface area contributed by atoms with E-state index in [-0.39, 0.29) is 18.3 Å². The minimum absolute atomic E-state index is 0. The lowest BCUT2D eigenvalue weighted by Crippen LogP contribution is -2.38. The third kappa shape index (κ3) is 6.25. The molecule has 0 spiro atoms. The molecule has 0 heterocycles. The van der Waals surface area contributed by atoms with Gasteiger partial charge in [-0.25, -0.2) is 0 Å². The van der Waals surface area contributed by atoms with Gasteiger partial charge in [0.15, 0.2) is 0 Å². The predicted octanol–water partition coefficient (Wildman–Crippen LogP) is 6.77. The van der Waals surface area contributed by atoms with E-state index in [1.165, 1.54) is 12.1 Å². The van der Waals surface area contributed by atoms with Crippen LogP contribution in [0.3, 0.4) is 0 Å². The van der Waals surface area contributed by atoms with Gasteiger partial charge in [-0.1, -0.05) is 48.5 Å². The molecule has 1 atom stereocenters. The summed E-state index contributed by atoms with van der Waals surface area (Å²) in [6.07, 6.45) is -3.70. The highest BCUT2D eigenvalue weighted by molar-refractivity contribution is 5.85. The first-order valence-electron chi connectivity index (χ1n) is 9.18. The van der Waals surface area contributed by atoms with Gasteiger partial charge in [0, 0.05) is 18.0 Å². The molecule has 0 aliphatic rings. The Balaban J connectivity index is 0.00000364. The Morgan fingerprint density at radius 1 is 0.815 bits per heavy atom. The zero-order valence-electron chi connectivity index (χ0n) is 16.3. The first-order valence-corrected chi connectivity index (χ1v) is 9.18. The topological polar surface area (TPSA) is 3.24 Å². The fourth-order valence-electron chi connectivity index (χ4n) is 3.64. The van der Waals surface area contributed by atoms with Crippen LogP contribution in [0.25, 0.3) is 0 Å². The number of rotatable bonds is 7. The third-order valence-corrected chi connectivity index (χ3v) is 4.85. The molecular formula is C22H29ClF3N. The third-order valence-electron chi connectivity index (χ3n) is 4.85. The highest BCUT2D eigenvalue weighted by Gasteiger charge is 2.35. The summed E-state index contributed by atoms with van der Waals surface area (Å²) in [5.74, 6) is -0.283. The van der Waals surface area contributed by atoms with Crippen LogP contribution in [0.1, 0.15) is 56.7 Å². The van der Waals surface area contributed by atoms with Gasteiger partial charge < -0.3 is 0 Å². The highest BCUT2D eigenvalue weighted by atomic mass is 35.5. The van der Waals surface area contributed by atoms with E-state index in [1.807, 2.05) is 30.3 Å². The summed E-state index contributed by atoms with van der Waals surface area (Å²) in [6, 6.07) is 16.2. The summed E-state index contributed by atoms with van der Waals surface area (Å²) in [5.41, 5.74) is 0.754. The van der Waals surface area contributed by atoms with Gasteiger partial charge in [0.05, 0.1) is 5.56 Å². The van der Waals surface area contributed by atoms with Crippen molar-refractivity contribution in [1.29, 1.82) is 0 Å². The predicted molar refractivity (Wildman–Crippen MR) is 109 cm³/mol. The van der Waals surface area contributed by atoms with E-state index in [4.69, 9.17) is 0 Å². The molecule has 0 N–H and O–H groups in total. The fourth-order valence-corrected chi connectivity index (χ4v) is 3.64. The molecule has 1 unspecified atom stereocenters. The Morgan fingerprint density at radius 3 is 1.85 bits per heavy atom. The summed E-state index contributed by atoms with van der Waals surface area (Å²) >= 11 is 0. The molecule has 2 aromatic rings. The standard InChI is InChI=1S/C22H28F3N.ClH/c1-16(2)26(17(3)4)15-14-19(18-10-6-5-7-11-18)20-12-8-9-13-21(20)22(23,24)25;/h5-13,16-17,19H,14-15H2,1-4H3;1H. The first kappa shape index (κ1) is 23.5. The van der Waals surface area contributed by atoms with Crippen molar-refractivity contribution < 1.29 is 13.2 Å². The number of benzene rings is 2. The lowest BCUT2D eigenvalue weighted by molar-refractivity contribution is -0.138. The fraction of sp³-hybridized carbons (Fsp3) is 0.455. The number of alkyl halides is 3. The van der Waals surface area contributed by atoms with E-state index in [2.05, 4.69) is 32.6 Å². The summed E-state index contributed by atoms with van der Waals surface area (Å²) < 4.78 is 40.7. The zero-order chi connectivity index (χ0) is 19.3. The van der Waals surface area contributed by atoms with E-state index in [0.29, 0.717) is 24.1 Å². The molecule has 5 heteroatoms. The number of nitrogens with zero attached hydrogens (tertiary/aromatic N) is 1. The van der Waals surface area contributed by atoms with Gasteiger partial charge in [-0.2, -0.15) is 13.2 Å². The lowest BCUT2D eigenvalue weighted by atomic mass is 9.85. The van der Waals surface area contributed by atoms with Gasteiger partial charge in [0.2, 0.25) is 0 Å². The van der Waals surface area contributed by atoms with Crippen LogP contribution < -0.4 is 0 Å². The van der Waals surface area contributed by atoms with Crippen LogP contribution in [-0.2, 0) is 6.18 Å².